The number of esters is 1. The lowest BCUT2D eigenvalue weighted by molar-refractivity contribution is 0.0595. The minimum Gasteiger partial charge on any atom is -0.488 e. The summed E-state index contributed by atoms with van der Waals surface area (Å²) in [6.45, 7) is 1.77. The number of hydrogen-bond acceptors (Lipinski definition) is 4. The fourth-order valence-electron chi connectivity index (χ4n) is 3.74. The first-order valence-corrected chi connectivity index (χ1v) is 9.54. The van der Waals surface area contributed by atoms with Gasteiger partial charge in [0.1, 0.15) is 17.7 Å². The fourth-order valence-corrected chi connectivity index (χ4v) is 3.74. The molecule has 1 saturated heterocycles. The van der Waals surface area contributed by atoms with Crippen molar-refractivity contribution in [1.29, 1.82) is 0 Å². The number of nitrogens with zero attached hydrogens (tertiary/aromatic N) is 1. The minimum absolute atomic E-state index is 0.000155. The van der Waals surface area contributed by atoms with Gasteiger partial charge in [-0.15, -0.1) is 0 Å². The summed E-state index contributed by atoms with van der Waals surface area (Å²) < 4.78 is 25.4. The van der Waals surface area contributed by atoms with Crippen LogP contribution in [0.25, 0.3) is 0 Å². The summed E-state index contributed by atoms with van der Waals surface area (Å²) >= 11 is 0. The second-order valence-corrected chi connectivity index (χ2v) is 7.30. The number of anilines is 1. The molecule has 2 aromatic carbocycles. The normalized spacial score (nSPS) is 19.6. The van der Waals surface area contributed by atoms with Crippen LogP contribution < -0.4 is 9.64 Å². The number of halogens is 1. The SMILES string of the molecule is COC(=O)c1cc(C2CC2)c(O[C@@H]2CCCN(c3ccccc3)C2)cc1F. The van der Waals surface area contributed by atoms with Crippen molar-refractivity contribution in [3.8, 4) is 5.75 Å². The molecule has 4 rings (SSSR count). The molecule has 0 amide bonds. The zero-order chi connectivity index (χ0) is 18.8. The summed E-state index contributed by atoms with van der Waals surface area (Å²) in [7, 11) is 1.27. The Morgan fingerprint density at radius 3 is 2.63 bits per heavy atom. The first kappa shape index (κ1) is 17.8. The number of benzene rings is 2. The topological polar surface area (TPSA) is 38.8 Å². The molecule has 4 nitrogen and oxygen atoms in total. The monoisotopic (exact) mass is 369 g/mol. The average Bonchev–Trinajstić information content (AvgIpc) is 3.54. The van der Waals surface area contributed by atoms with Crippen molar-refractivity contribution in [3.63, 3.8) is 0 Å². The third-order valence-corrected chi connectivity index (χ3v) is 5.32. The second kappa shape index (κ2) is 7.59. The van der Waals surface area contributed by atoms with Gasteiger partial charge in [-0.3, -0.25) is 0 Å². The van der Waals surface area contributed by atoms with Crippen LogP contribution in [0.1, 0.15) is 47.5 Å². The number of para-hydroxylation sites is 1. The molecule has 1 saturated carbocycles. The molecule has 0 radical (unpaired) electrons. The molecule has 0 bridgehead atoms. The maximum absolute atomic E-state index is 14.5. The molecule has 0 aromatic heterocycles. The lowest BCUT2D eigenvalue weighted by Gasteiger charge is -2.35. The van der Waals surface area contributed by atoms with Gasteiger partial charge in [0.05, 0.1) is 19.2 Å². The molecular formula is C22H24FNO3. The zero-order valence-corrected chi connectivity index (χ0v) is 15.5. The van der Waals surface area contributed by atoms with Crippen LogP contribution in [0.4, 0.5) is 10.1 Å². The summed E-state index contributed by atoms with van der Waals surface area (Å²) in [4.78, 5) is 14.1. The Morgan fingerprint density at radius 1 is 1.15 bits per heavy atom. The highest BCUT2D eigenvalue weighted by molar-refractivity contribution is 5.90. The zero-order valence-electron chi connectivity index (χ0n) is 15.5. The third-order valence-electron chi connectivity index (χ3n) is 5.32. The van der Waals surface area contributed by atoms with Gasteiger partial charge < -0.3 is 14.4 Å². The van der Waals surface area contributed by atoms with Crippen molar-refractivity contribution >= 4 is 11.7 Å². The first-order chi connectivity index (χ1) is 13.2. The fraction of sp³-hybridized carbons (Fsp3) is 0.409. The van der Waals surface area contributed by atoms with Crippen LogP contribution in [0, 0.1) is 5.82 Å². The number of piperidine rings is 1. The van der Waals surface area contributed by atoms with Crippen molar-refractivity contribution < 1.29 is 18.7 Å². The molecule has 0 unspecified atom stereocenters. The largest absolute Gasteiger partial charge is 0.488 e. The predicted octanol–water partition coefficient (Wildman–Crippen LogP) is 4.54. The summed E-state index contributed by atoms with van der Waals surface area (Å²) in [5, 5.41) is 0. The number of carbonyl (C=O) groups is 1. The van der Waals surface area contributed by atoms with E-state index in [0.29, 0.717) is 11.7 Å². The molecule has 5 heteroatoms. The van der Waals surface area contributed by atoms with E-state index in [4.69, 9.17) is 9.47 Å². The van der Waals surface area contributed by atoms with E-state index in [-0.39, 0.29) is 11.7 Å². The number of carbonyl (C=O) groups excluding carboxylic acids is 1. The molecule has 1 aliphatic carbocycles. The third kappa shape index (κ3) is 3.92. The predicted molar refractivity (Wildman–Crippen MR) is 102 cm³/mol. The van der Waals surface area contributed by atoms with Crippen LogP contribution in [0.15, 0.2) is 42.5 Å². The second-order valence-electron chi connectivity index (χ2n) is 7.30. The van der Waals surface area contributed by atoms with Crippen LogP contribution >= 0.6 is 0 Å². The van der Waals surface area contributed by atoms with Gasteiger partial charge in [-0.05, 0) is 55.4 Å². The van der Waals surface area contributed by atoms with E-state index < -0.39 is 11.8 Å². The van der Waals surface area contributed by atoms with E-state index in [1.165, 1.54) is 18.9 Å². The van der Waals surface area contributed by atoms with Crippen molar-refractivity contribution in [2.75, 3.05) is 25.1 Å². The van der Waals surface area contributed by atoms with E-state index in [9.17, 15) is 9.18 Å². The molecule has 0 spiro atoms. The van der Waals surface area contributed by atoms with Gasteiger partial charge in [-0.25, -0.2) is 9.18 Å². The molecule has 2 fully saturated rings. The number of rotatable bonds is 5. The van der Waals surface area contributed by atoms with Crippen molar-refractivity contribution in [3.05, 3.63) is 59.4 Å². The molecule has 1 heterocycles. The molecule has 2 aromatic rings. The molecule has 1 atom stereocenters. The van der Waals surface area contributed by atoms with Gasteiger partial charge in [-0.2, -0.15) is 0 Å². The van der Waals surface area contributed by atoms with Crippen LogP contribution in [0.3, 0.4) is 0 Å². The van der Waals surface area contributed by atoms with E-state index in [0.717, 1.165) is 44.3 Å². The Labute approximate surface area is 158 Å². The first-order valence-electron chi connectivity index (χ1n) is 9.54. The summed E-state index contributed by atoms with van der Waals surface area (Å²) in [5.41, 5.74) is 2.09. The highest BCUT2D eigenvalue weighted by Crippen LogP contribution is 2.45. The minimum atomic E-state index is -0.645. The van der Waals surface area contributed by atoms with E-state index in [2.05, 4.69) is 17.0 Å². The lowest BCUT2D eigenvalue weighted by atomic mass is 10.0. The Hall–Kier alpha value is -2.56. The van der Waals surface area contributed by atoms with Gasteiger partial charge in [0, 0.05) is 18.3 Å². The Morgan fingerprint density at radius 2 is 1.93 bits per heavy atom. The molecule has 0 N–H and O–H groups in total. The highest BCUT2D eigenvalue weighted by atomic mass is 19.1. The van der Waals surface area contributed by atoms with Crippen LogP contribution in [0.5, 0.6) is 5.75 Å². The summed E-state index contributed by atoms with van der Waals surface area (Å²) in [5.74, 6) is -0.314. The Bertz CT molecular complexity index is 820. The smallest absolute Gasteiger partial charge is 0.340 e. The highest BCUT2D eigenvalue weighted by Gasteiger charge is 2.31. The van der Waals surface area contributed by atoms with Gasteiger partial charge in [0.25, 0.3) is 0 Å². The maximum atomic E-state index is 14.5. The van der Waals surface area contributed by atoms with Gasteiger partial charge >= 0.3 is 5.97 Å². The summed E-state index contributed by atoms with van der Waals surface area (Å²) in [6.07, 6.45) is 4.06. The van der Waals surface area contributed by atoms with Gasteiger partial charge in [0.2, 0.25) is 0 Å². The maximum Gasteiger partial charge on any atom is 0.340 e. The van der Waals surface area contributed by atoms with Crippen LogP contribution in [-0.4, -0.2) is 32.3 Å². The Balaban J connectivity index is 1.55. The number of hydrogen-bond donors (Lipinski definition) is 0. The van der Waals surface area contributed by atoms with E-state index in [1.807, 2.05) is 18.2 Å². The number of methoxy groups -OCH3 is 1. The average molecular weight is 369 g/mol. The van der Waals surface area contributed by atoms with E-state index in [1.54, 1.807) is 6.07 Å². The van der Waals surface area contributed by atoms with Crippen LogP contribution in [-0.2, 0) is 4.74 Å². The molecular weight excluding hydrogens is 345 g/mol. The van der Waals surface area contributed by atoms with E-state index >= 15 is 0 Å². The van der Waals surface area contributed by atoms with Crippen LogP contribution in [0.2, 0.25) is 0 Å². The molecule has 1 aliphatic heterocycles. The van der Waals surface area contributed by atoms with Crippen molar-refractivity contribution in [1.82, 2.24) is 0 Å². The van der Waals surface area contributed by atoms with Crippen molar-refractivity contribution in [2.45, 2.75) is 37.7 Å². The Kier molecular flexibility index (Phi) is 5.01. The molecule has 2 aliphatic rings. The van der Waals surface area contributed by atoms with Gasteiger partial charge in [0.15, 0.2) is 0 Å². The van der Waals surface area contributed by atoms with Crippen molar-refractivity contribution in [2.24, 2.45) is 0 Å². The number of ether oxygens (including phenoxy) is 2. The standard InChI is InChI=1S/C22H24FNO3/c1-26-22(25)19-12-18(15-9-10-15)21(13-20(19)23)27-17-8-5-11-24(14-17)16-6-3-2-4-7-16/h2-4,6-7,12-13,15,17H,5,8-11,14H2,1H3/t17-/m1/s1. The quantitative estimate of drug-likeness (QED) is 0.726. The summed E-state index contributed by atoms with van der Waals surface area (Å²) in [6, 6.07) is 13.3. The lowest BCUT2D eigenvalue weighted by Crippen LogP contribution is -2.41. The van der Waals surface area contributed by atoms with Gasteiger partial charge in [-0.1, -0.05) is 18.2 Å². The molecule has 142 valence electrons. The molecule has 27 heavy (non-hydrogen) atoms.